The van der Waals surface area contributed by atoms with E-state index in [1.807, 2.05) is 0 Å². The van der Waals surface area contributed by atoms with Crippen LogP contribution in [-0.2, 0) is 0 Å². The van der Waals surface area contributed by atoms with E-state index in [0.717, 1.165) is 5.92 Å². The highest BCUT2D eigenvalue weighted by Gasteiger charge is 2.19. The molecule has 0 aromatic heterocycles. The standard InChI is InChI=1S/C19H26N2/c1-15(2)14-21-11-9-18(10-12-21)20-19-8-7-16-5-3-4-6-17(16)13-19/h3-8,13,15,18,20H,9-12,14H2,1-2H3. The molecule has 0 atom stereocenters. The smallest absolute Gasteiger partial charge is 0.0348 e. The third-order valence-corrected chi connectivity index (χ3v) is 4.33. The molecule has 0 bridgehead atoms. The molecule has 0 saturated carbocycles. The lowest BCUT2D eigenvalue weighted by atomic mass is 10.0. The zero-order valence-electron chi connectivity index (χ0n) is 13.2. The van der Waals surface area contributed by atoms with Crippen LogP contribution in [-0.4, -0.2) is 30.6 Å². The third kappa shape index (κ3) is 3.76. The van der Waals surface area contributed by atoms with Crippen molar-refractivity contribution in [2.75, 3.05) is 25.0 Å². The van der Waals surface area contributed by atoms with Crippen molar-refractivity contribution in [2.24, 2.45) is 5.92 Å². The number of benzene rings is 2. The summed E-state index contributed by atoms with van der Waals surface area (Å²) in [7, 11) is 0. The summed E-state index contributed by atoms with van der Waals surface area (Å²) in [5.74, 6) is 0.773. The Labute approximate surface area is 128 Å². The molecular weight excluding hydrogens is 256 g/mol. The molecule has 0 radical (unpaired) electrons. The fourth-order valence-corrected chi connectivity index (χ4v) is 3.29. The van der Waals surface area contributed by atoms with Crippen LogP contribution < -0.4 is 5.32 Å². The van der Waals surface area contributed by atoms with Crippen LogP contribution in [0.2, 0.25) is 0 Å². The molecule has 1 heterocycles. The van der Waals surface area contributed by atoms with Crippen molar-refractivity contribution in [3.05, 3.63) is 42.5 Å². The maximum Gasteiger partial charge on any atom is 0.0348 e. The maximum absolute atomic E-state index is 3.72. The van der Waals surface area contributed by atoms with Crippen LogP contribution in [0.5, 0.6) is 0 Å². The SMILES string of the molecule is CC(C)CN1CCC(Nc2ccc3ccccc3c2)CC1. The quantitative estimate of drug-likeness (QED) is 0.895. The van der Waals surface area contributed by atoms with E-state index < -0.39 is 0 Å². The van der Waals surface area contributed by atoms with Gasteiger partial charge < -0.3 is 10.2 Å². The summed E-state index contributed by atoms with van der Waals surface area (Å²) in [6.07, 6.45) is 2.50. The van der Waals surface area contributed by atoms with Gasteiger partial charge in [-0.3, -0.25) is 0 Å². The number of fused-ring (bicyclic) bond motifs is 1. The lowest BCUT2D eigenvalue weighted by molar-refractivity contribution is 0.198. The molecule has 0 spiro atoms. The average Bonchev–Trinajstić information content (AvgIpc) is 2.49. The van der Waals surface area contributed by atoms with Gasteiger partial charge in [0.1, 0.15) is 0 Å². The highest BCUT2D eigenvalue weighted by atomic mass is 15.1. The average molecular weight is 282 g/mol. The second-order valence-electron chi connectivity index (χ2n) is 6.67. The van der Waals surface area contributed by atoms with Crippen molar-refractivity contribution in [3.8, 4) is 0 Å². The lowest BCUT2D eigenvalue weighted by Gasteiger charge is -2.33. The van der Waals surface area contributed by atoms with Gasteiger partial charge in [0, 0.05) is 31.4 Å². The molecule has 0 aliphatic carbocycles. The van der Waals surface area contributed by atoms with Crippen molar-refractivity contribution in [1.82, 2.24) is 4.90 Å². The van der Waals surface area contributed by atoms with Gasteiger partial charge in [-0.05, 0) is 41.7 Å². The monoisotopic (exact) mass is 282 g/mol. The Hall–Kier alpha value is -1.54. The van der Waals surface area contributed by atoms with Crippen LogP contribution >= 0.6 is 0 Å². The Morgan fingerprint density at radius 1 is 1.05 bits per heavy atom. The first-order valence-electron chi connectivity index (χ1n) is 8.18. The number of hydrogen-bond donors (Lipinski definition) is 1. The van der Waals surface area contributed by atoms with Crippen LogP contribution in [0, 0.1) is 5.92 Å². The first-order valence-corrected chi connectivity index (χ1v) is 8.18. The molecule has 3 rings (SSSR count). The number of rotatable bonds is 4. The number of likely N-dealkylation sites (tertiary alicyclic amines) is 1. The van der Waals surface area contributed by atoms with Gasteiger partial charge in [0.05, 0.1) is 0 Å². The Morgan fingerprint density at radius 2 is 1.76 bits per heavy atom. The van der Waals surface area contributed by atoms with Gasteiger partial charge in [0.25, 0.3) is 0 Å². The van der Waals surface area contributed by atoms with Gasteiger partial charge in [-0.1, -0.05) is 44.2 Å². The molecule has 1 N–H and O–H groups in total. The van der Waals surface area contributed by atoms with E-state index in [0.29, 0.717) is 6.04 Å². The Bertz CT molecular complexity index is 583. The van der Waals surface area contributed by atoms with Gasteiger partial charge in [0.2, 0.25) is 0 Å². The Balaban J connectivity index is 1.59. The molecule has 2 heteroatoms. The highest BCUT2D eigenvalue weighted by Crippen LogP contribution is 2.22. The largest absolute Gasteiger partial charge is 0.382 e. The van der Waals surface area contributed by atoms with Gasteiger partial charge in [-0.15, -0.1) is 0 Å². The number of nitrogens with one attached hydrogen (secondary N) is 1. The summed E-state index contributed by atoms with van der Waals surface area (Å²) in [6, 6.07) is 15.9. The molecule has 1 aliphatic rings. The second-order valence-corrected chi connectivity index (χ2v) is 6.67. The van der Waals surface area contributed by atoms with E-state index in [1.54, 1.807) is 0 Å². The molecule has 2 aromatic carbocycles. The molecule has 0 amide bonds. The molecule has 1 aliphatic heterocycles. The van der Waals surface area contributed by atoms with E-state index in [4.69, 9.17) is 0 Å². The summed E-state index contributed by atoms with van der Waals surface area (Å²) < 4.78 is 0. The van der Waals surface area contributed by atoms with E-state index in [2.05, 4.69) is 66.5 Å². The van der Waals surface area contributed by atoms with Gasteiger partial charge in [-0.2, -0.15) is 0 Å². The summed E-state index contributed by atoms with van der Waals surface area (Å²) >= 11 is 0. The van der Waals surface area contributed by atoms with E-state index in [9.17, 15) is 0 Å². The van der Waals surface area contributed by atoms with Crippen molar-refractivity contribution in [2.45, 2.75) is 32.7 Å². The topological polar surface area (TPSA) is 15.3 Å². The van der Waals surface area contributed by atoms with E-state index >= 15 is 0 Å². The van der Waals surface area contributed by atoms with Crippen molar-refractivity contribution in [1.29, 1.82) is 0 Å². The predicted octanol–water partition coefficient (Wildman–Crippen LogP) is 4.37. The van der Waals surface area contributed by atoms with Crippen LogP contribution in [0.3, 0.4) is 0 Å². The predicted molar refractivity (Wildman–Crippen MR) is 91.9 cm³/mol. The minimum atomic E-state index is 0.620. The number of nitrogens with zero attached hydrogens (tertiary/aromatic N) is 1. The maximum atomic E-state index is 3.72. The number of piperidine rings is 1. The number of anilines is 1. The lowest BCUT2D eigenvalue weighted by Crippen LogP contribution is -2.40. The van der Waals surface area contributed by atoms with Crippen LogP contribution in [0.1, 0.15) is 26.7 Å². The van der Waals surface area contributed by atoms with Gasteiger partial charge in [-0.25, -0.2) is 0 Å². The Morgan fingerprint density at radius 3 is 2.48 bits per heavy atom. The summed E-state index contributed by atoms with van der Waals surface area (Å²) in [4.78, 5) is 2.60. The molecule has 112 valence electrons. The fraction of sp³-hybridized carbons (Fsp3) is 0.474. The second kappa shape index (κ2) is 6.48. The van der Waals surface area contributed by atoms with E-state index in [-0.39, 0.29) is 0 Å². The first-order chi connectivity index (χ1) is 10.2. The van der Waals surface area contributed by atoms with Crippen molar-refractivity contribution in [3.63, 3.8) is 0 Å². The Kier molecular flexibility index (Phi) is 4.45. The highest BCUT2D eigenvalue weighted by molar-refractivity contribution is 5.85. The number of hydrogen-bond acceptors (Lipinski definition) is 2. The van der Waals surface area contributed by atoms with Gasteiger partial charge in [0.15, 0.2) is 0 Å². The summed E-state index contributed by atoms with van der Waals surface area (Å²) in [5, 5.41) is 6.35. The molecule has 21 heavy (non-hydrogen) atoms. The van der Waals surface area contributed by atoms with Crippen LogP contribution in [0.25, 0.3) is 10.8 Å². The van der Waals surface area contributed by atoms with Crippen LogP contribution in [0.15, 0.2) is 42.5 Å². The van der Waals surface area contributed by atoms with E-state index in [1.165, 1.54) is 48.9 Å². The van der Waals surface area contributed by atoms with Crippen molar-refractivity contribution >= 4 is 16.5 Å². The molecular formula is C19H26N2. The fourth-order valence-electron chi connectivity index (χ4n) is 3.29. The third-order valence-electron chi connectivity index (χ3n) is 4.33. The van der Waals surface area contributed by atoms with Crippen molar-refractivity contribution < 1.29 is 0 Å². The normalized spacial score (nSPS) is 17.5. The first kappa shape index (κ1) is 14.4. The molecule has 2 nitrogen and oxygen atoms in total. The molecule has 2 aromatic rings. The molecule has 1 saturated heterocycles. The summed E-state index contributed by atoms with van der Waals surface area (Å²) in [5.41, 5.74) is 1.26. The zero-order valence-corrected chi connectivity index (χ0v) is 13.2. The minimum Gasteiger partial charge on any atom is -0.382 e. The summed E-state index contributed by atoms with van der Waals surface area (Å²) in [6.45, 7) is 8.30. The van der Waals surface area contributed by atoms with Gasteiger partial charge >= 0.3 is 0 Å². The molecule has 1 fully saturated rings. The zero-order chi connectivity index (χ0) is 14.7. The molecule has 0 unspecified atom stereocenters. The van der Waals surface area contributed by atoms with Crippen LogP contribution in [0.4, 0.5) is 5.69 Å². The minimum absolute atomic E-state index is 0.620.